The third kappa shape index (κ3) is 3.74. The van der Waals surface area contributed by atoms with Crippen molar-refractivity contribution in [3.05, 3.63) is 6.33 Å². The zero-order valence-corrected chi connectivity index (χ0v) is 12.7. The molecule has 0 spiro atoms. The predicted molar refractivity (Wildman–Crippen MR) is 81.8 cm³/mol. The number of ether oxygens (including phenoxy) is 1. The van der Waals surface area contributed by atoms with E-state index in [2.05, 4.69) is 22.2 Å². The summed E-state index contributed by atoms with van der Waals surface area (Å²) in [5.74, 6) is 2.63. The fraction of sp³-hybridized carbons (Fsp3) is 0.733. The van der Waals surface area contributed by atoms with Crippen LogP contribution in [0.5, 0.6) is 5.88 Å². The molecule has 1 heterocycles. The van der Waals surface area contributed by atoms with Gasteiger partial charge in [0.2, 0.25) is 5.88 Å². The van der Waals surface area contributed by atoms with Crippen LogP contribution in [0.25, 0.3) is 0 Å². The maximum atomic E-state index is 6.07. The molecule has 0 amide bonds. The van der Waals surface area contributed by atoms with Crippen molar-refractivity contribution >= 4 is 11.5 Å². The summed E-state index contributed by atoms with van der Waals surface area (Å²) >= 11 is 0. The van der Waals surface area contributed by atoms with Crippen molar-refractivity contribution in [2.24, 2.45) is 11.8 Å². The highest BCUT2D eigenvalue weighted by molar-refractivity contribution is 5.66. The third-order valence-electron chi connectivity index (χ3n) is 4.02. The Morgan fingerprint density at radius 3 is 2.80 bits per heavy atom. The summed E-state index contributed by atoms with van der Waals surface area (Å²) in [6, 6.07) is 0. The number of anilines is 2. The maximum Gasteiger partial charge on any atom is 0.242 e. The molecule has 1 aromatic rings. The Kier molecular flexibility index (Phi) is 5.04. The van der Waals surface area contributed by atoms with E-state index in [0.717, 1.165) is 12.5 Å². The highest BCUT2D eigenvalue weighted by Gasteiger charge is 2.21. The summed E-state index contributed by atoms with van der Waals surface area (Å²) in [6.45, 7) is 7.17. The van der Waals surface area contributed by atoms with E-state index in [-0.39, 0.29) is 6.10 Å². The molecule has 1 aliphatic carbocycles. The Morgan fingerprint density at radius 2 is 2.10 bits per heavy atom. The lowest BCUT2D eigenvalue weighted by molar-refractivity contribution is 0.234. The minimum Gasteiger partial charge on any atom is -0.473 e. The highest BCUT2D eigenvalue weighted by atomic mass is 16.5. The van der Waals surface area contributed by atoms with Gasteiger partial charge in [-0.2, -0.15) is 4.98 Å². The predicted octanol–water partition coefficient (Wildman–Crippen LogP) is 3.08. The van der Waals surface area contributed by atoms with Crippen molar-refractivity contribution < 1.29 is 4.74 Å². The van der Waals surface area contributed by atoms with Crippen molar-refractivity contribution in [1.29, 1.82) is 0 Å². The van der Waals surface area contributed by atoms with Crippen LogP contribution in [0.4, 0.5) is 11.5 Å². The maximum absolute atomic E-state index is 6.07. The van der Waals surface area contributed by atoms with Gasteiger partial charge in [0.25, 0.3) is 0 Å². The molecular formula is C15H26N4O. The van der Waals surface area contributed by atoms with Crippen LogP contribution < -0.4 is 15.8 Å². The number of nitrogens with one attached hydrogen (secondary N) is 1. The van der Waals surface area contributed by atoms with Crippen molar-refractivity contribution in [2.45, 2.75) is 52.6 Å². The summed E-state index contributed by atoms with van der Waals surface area (Å²) in [6.07, 6.45) is 6.86. The lowest BCUT2D eigenvalue weighted by Crippen LogP contribution is -2.25. The lowest BCUT2D eigenvalue weighted by atomic mass is 9.80. The SMILES string of the molecule is CC(C)Oc1ncnc(NCC2CCCCC2C)c1N. The third-order valence-corrected chi connectivity index (χ3v) is 4.02. The fourth-order valence-electron chi connectivity index (χ4n) is 2.76. The molecule has 2 atom stereocenters. The van der Waals surface area contributed by atoms with E-state index in [4.69, 9.17) is 10.5 Å². The Balaban J connectivity index is 1.98. The Hall–Kier alpha value is -1.52. The van der Waals surface area contributed by atoms with Crippen molar-refractivity contribution in [2.75, 3.05) is 17.6 Å². The van der Waals surface area contributed by atoms with E-state index in [9.17, 15) is 0 Å². The van der Waals surface area contributed by atoms with E-state index < -0.39 is 0 Å². The molecule has 5 heteroatoms. The number of nitrogens with zero attached hydrogens (tertiary/aromatic N) is 2. The first-order chi connectivity index (χ1) is 9.58. The second kappa shape index (κ2) is 6.77. The van der Waals surface area contributed by atoms with Gasteiger partial charge in [-0.15, -0.1) is 0 Å². The molecule has 2 unspecified atom stereocenters. The molecule has 0 radical (unpaired) electrons. The Bertz CT molecular complexity index is 436. The number of hydrogen-bond acceptors (Lipinski definition) is 5. The molecule has 1 fully saturated rings. The van der Waals surface area contributed by atoms with Gasteiger partial charge in [-0.3, -0.25) is 0 Å². The fourth-order valence-corrected chi connectivity index (χ4v) is 2.76. The van der Waals surface area contributed by atoms with E-state index in [1.165, 1.54) is 32.0 Å². The standard InChI is InChI=1S/C15H26N4O/c1-10(2)20-15-13(16)14(18-9-19-15)17-8-12-7-5-4-6-11(12)3/h9-12H,4-8,16H2,1-3H3,(H,17,18,19). The molecule has 112 valence electrons. The van der Waals surface area contributed by atoms with Crippen LogP contribution in [0.1, 0.15) is 46.5 Å². The largest absolute Gasteiger partial charge is 0.473 e. The van der Waals surface area contributed by atoms with Gasteiger partial charge in [-0.05, 0) is 32.1 Å². The highest BCUT2D eigenvalue weighted by Crippen LogP contribution is 2.31. The normalized spacial score (nSPS) is 22.8. The van der Waals surface area contributed by atoms with Crippen LogP contribution in [-0.2, 0) is 0 Å². The summed E-state index contributed by atoms with van der Waals surface area (Å²) in [7, 11) is 0. The van der Waals surface area contributed by atoms with Gasteiger partial charge in [-0.25, -0.2) is 4.98 Å². The summed E-state index contributed by atoms with van der Waals surface area (Å²) in [5, 5.41) is 3.37. The number of hydrogen-bond donors (Lipinski definition) is 2. The van der Waals surface area contributed by atoms with Crippen LogP contribution in [0.3, 0.4) is 0 Å². The second-order valence-electron chi connectivity index (χ2n) is 6.01. The van der Waals surface area contributed by atoms with Gasteiger partial charge in [-0.1, -0.05) is 26.2 Å². The average Bonchev–Trinajstić information content (AvgIpc) is 2.41. The molecule has 0 aliphatic heterocycles. The summed E-state index contributed by atoms with van der Waals surface area (Å²) in [5.41, 5.74) is 6.57. The van der Waals surface area contributed by atoms with Crippen molar-refractivity contribution in [1.82, 2.24) is 9.97 Å². The van der Waals surface area contributed by atoms with Gasteiger partial charge >= 0.3 is 0 Å². The summed E-state index contributed by atoms with van der Waals surface area (Å²) in [4.78, 5) is 8.32. The van der Waals surface area contributed by atoms with E-state index in [1.54, 1.807) is 0 Å². The molecule has 1 aliphatic rings. The zero-order chi connectivity index (χ0) is 14.5. The quantitative estimate of drug-likeness (QED) is 0.866. The zero-order valence-electron chi connectivity index (χ0n) is 12.7. The monoisotopic (exact) mass is 278 g/mol. The molecule has 3 N–H and O–H groups in total. The first kappa shape index (κ1) is 14.9. The molecule has 1 aromatic heterocycles. The molecule has 1 saturated carbocycles. The van der Waals surface area contributed by atoms with E-state index in [0.29, 0.717) is 23.3 Å². The summed E-state index contributed by atoms with van der Waals surface area (Å²) < 4.78 is 5.58. The number of rotatable bonds is 5. The number of nitrogens with two attached hydrogens (primary N) is 1. The topological polar surface area (TPSA) is 73.1 Å². The first-order valence-corrected chi connectivity index (χ1v) is 7.59. The molecular weight excluding hydrogens is 252 g/mol. The lowest BCUT2D eigenvalue weighted by Gasteiger charge is -2.29. The second-order valence-corrected chi connectivity index (χ2v) is 6.01. The van der Waals surface area contributed by atoms with Gasteiger partial charge in [0.1, 0.15) is 12.0 Å². The first-order valence-electron chi connectivity index (χ1n) is 7.59. The van der Waals surface area contributed by atoms with E-state index in [1.807, 2.05) is 13.8 Å². The minimum atomic E-state index is 0.0541. The Morgan fingerprint density at radius 1 is 1.35 bits per heavy atom. The van der Waals surface area contributed by atoms with Gasteiger partial charge < -0.3 is 15.8 Å². The van der Waals surface area contributed by atoms with Crippen molar-refractivity contribution in [3.63, 3.8) is 0 Å². The molecule has 0 bridgehead atoms. The number of aromatic nitrogens is 2. The molecule has 5 nitrogen and oxygen atoms in total. The molecule has 0 saturated heterocycles. The molecule has 0 aromatic carbocycles. The average molecular weight is 278 g/mol. The van der Waals surface area contributed by atoms with Crippen molar-refractivity contribution in [3.8, 4) is 5.88 Å². The van der Waals surface area contributed by atoms with Crippen LogP contribution in [-0.4, -0.2) is 22.6 Å². The van der Waals surface area contributed by atoms with Crippen LogP contribution in [0, 0.1) is 11.8 Å². The van der Waals surface area contributed by atoms with E-state index >= 15 is 0 Å². The van der Waals surface area contributed by atoms with Gasteiger partial charge in [0.05, 0.1) is 6.10 Å². The Labute approximate surface area is 121 Å². The van der Waals surface area contributed by atoms with Gasteiger partial charge in [0, 0.05) is 6.54 Å². The van der Waals surface area contributed by atoms with Crippen LogP contribution >= 0.6 is 0 Å². The van der Waals surface area contributed by atoms with Crippen LogP contribution in [0.2, 0.25) is 0 Å². The molecule has 2 rings (SSSR count). The smallest absolute Gasteiger partial charge is 0.242 e. The molecule has 20 heavy (non-hydrogen) atoms. The minimum absolute atomic E-state index is 0.0541. The van der Waals surface area contributed by atoms with Crippen LogP contribution in [0.15, 0.2) is 6.33 Å². The number of nitrogen functional groups attached to an aromatic ring is 1. The van der Waals surface area contributed by atoms with Gasteiger partial charge in [0.15, 0.2) is 5.82 Å².